The quantitative estimate of drug-likeness (QED) is 0.662. The van der Waals surface area contributed by atoms with Crippen molar-refractivity contribution in [1.29, 1.82) is 0 Å². The van der Waals surface area contributed by atoms with Crippen LogP contribution in [0.4, 0.5) is 0 Å². The van der Waals surface area contributed by atoms with Crippen LogP contribution in [-0.2, 0) is 0 Å². The third-order valence-corrected chi connectivity index (χ3v) is 4.36. The van der Waals surface area contributed by atoms with E-state index in [9.17, 15) is 0 Å². The molecule has 0 saturated heterocycles. The molecule has 0 spiro atoms. The molecule has 0 aliphatic heterocycles. The van der Waals surface area contributed by atoms with Crippen LogP contribution in [0.3, 0.4) is 0 Å². The Balaban J connectivity index is 1.65. The van der Waals surface area contributed by atoms with Crippen LogP contribution in [0.15, 0.2) is 0 Å². The van der Waals surface area contributed by atoms with Crippen molar-refractivity contribution in [3.8, 4) is 0 Å². The van der Waals surface area contributed by atoms with E-state index in [1.807, 2.05) is 0 Å². The highest BCUT2D eigenvalue weighted by atomic mass is 15.0. The third kappa shape index (κ3) is 1.02. The smallest absolute Gasteiger partial charge is 0.0187 e. The maximum absolute atomic E-state index is 3.92. The minimum absolute atomic E-state index is 0.635. The second-order valence-corrected chi connectivity index (χ2v) is 5.20. The van der Waals surface area contributed by atoms with Crippen LogP contribution in [0.2, 0.25) is 0 Å². The van der Waals surface area contributed by atoms with Gasteiger partial charge in [-0.25, -0.2) is 0 Å². The summed E-state index contributed by atoms with van der Waals surface area (Å²) < 4.78 is 0. The molecule has 3 saturated carbocycles. The SMILES string of the molecule is C1CC(NC23CCC(CC2)C3)C1. The van der Waals surface area contributed by atoms with Gasteiger partial charge in [0.1, 0.15) is 0 Å². The Hall–Kier alpha value is -0.0400. The number of hydrogen-bond acceptors (Lipinski definition) is 1. The van der Waals surface area contributed by atoms with Gasteiger partial charge in [-0.2, -0.15) is 0 Å². The largest absolute Gasteiger partial charge is 0.308 e. The first-order chi connectivity index (χ1) is 5.86. The van der Waals surface area contributed by atoms with E-state index >= 15 is 0 Å². The van der Waals surface area contributed by atoms with E-state index in [-0.39, 0.29) is 0 Å². The van der Waals surface area contributed by atoms with Crippen LogP contribution in [0.25, 0.3) is 0 Å². The highest BCUT2D eigenvalue weighted by Gasteiger charge is 2.45. The molecule has 12 heavy (non-hydrogen) atoms. The monoisotopic (exact) mass is 165 g/mol. The second kappa shape index (κ2) is 2.47. The lowest BCUT2D eigenvalue weighted by atomic mass is 9.87. The fourth-order valence-corrected chi connectivity index (χ4v) is 3.38. The molecule has 3 rings (SSSR count). The zero-order chi connectivity index (χ0) is 8.02. The molecule has 1 N–H and O–H groups in total. The normalized spacial score (nSPS) is 46.5. The van der Waals surface area contributed by atoms with Crippen molar-refractivity contribution >= 4 is 0 Å². The van der Waals surface area contributed by atoms with Gasteiger partial charge in [-0.3, -0.25) is 0 Å². The minimum atomic E-state index is 0.635. The van der Waals surface area contributed by atoms with E-state index in [4.69, 9.17) is 0 Å². The molecular weight excluding hydrogens is 146 g/mol. The van der Waals surface area contributed by atoms with Gasteiger partial charge in [0.25, 0.3) is 0 Å². The molecule has 68 valence electrons. The summed E-state index contributed by atoms with van der Waals surface area (Å²) in [7, 11) is 0. The van der Waals surface area contributed by atoms with Gasteiger partial charge >= 0.3 is 0 Å². The summed E-state index contributed by atoms with van der Waals surface area (Å²) in [6, 6.07) is 0.904. The summed E-state index contributed by atoms with van der Waals surface area (Å²) in [5.74, 6) is 1.09. The number of nitrogens with one attached hydrogen (secondary N) is 1. The molecule has 0 radical (unpaired) electrons. The van der Waals surface area contributed by atoms with Crippen LogP contribution < -0.4 is 5.32 Å². The van der Waals surface area contributed by atoms with Crippen molar-refractivity contribution < 1.29 is 0 Å². The van der Waals surface area contributed by atoms with E-state index in [1.165, 1.54) is 51.4 Å². The first-order valence-electron chi connectivity index (χ1n) is 5.64. The average Bonchev–Trinajstić information content (AvgIpc) is 2.56. The molecule has 0 amide bonds. The maximum atomic E-state index is 3.92. The molecule has 1 heteroatoms. The fraction of sp³-hybridized carbons (Fsp3) is 1.00. The minimum Gasteiger partial charge on any atom is -0.308 e. The molecule has 3 aliphatic rings. The molecule has 1 nitrogen and oxygen atoms in total. The van der Waals surface area contributed by atoms with Crippen molar-refractivity contribution in [1.82, 2.24) is 5.32 Å². The van der Waals surface area contributed by atoms with Gasteiger partial charge in [-0.05, 0) is 50.9 Å². The van der Waals surface area contributed by atoms with Gasteiger partial charge in [0.05, 0.1) is 0 Å². The Bertz CT molecular complexity index is 175. The molecular formula is C11H19N. The van der Waals surface area contributed by atoms with Crippen molar-refractivity contribution in [2.24, 2.45) is 5.92 Å². The molecule has 0 aromatic heterocycles. The standard InChI is InChI=1S/C11H19N/c1-2-10(3-1)12-11-6-4-9(8-11)5-7-11/h9-10,12H,1-8H2. The summed E-state index contributed by atoms with van der Waals surface area (Å²) in [4.78, 5) is 0. The van der Waals surface area contributed by atoms with Crippen molar-refractivity contribution in [2.45, 2.75) is 62.9 Å². The van der Waals surface area contributed by atoms with E-state index in [0.29, 0.717) is 5.54 Å². The Morgan fingerprint density at radius 3 is 2.17 bits per heavy atom. The predicted octanol–water partition coefficient (Wildman–Crippen LogP) is 2.46. The van der Waals surface area contributed by atoms with Gasteiger partial charge in [0, 0.05) is 11.6 Å². The zero-order valence-electron chi connectivity index (χ0n) is 7.81. The van der Waals surface area contributed by atoms with Crippen LogP contribution in [0, 0.1) is 5.92 Å². The van der Waals surface area contributed by atoms with E-state index < -0.39 is 0 Å². The Labute approximate surface area is 74.9 Å². The number of hydrogen-bond donors (Lipinski definition) is 1. The summed E-state index contributed by atoms with van der Waals surface area (Å²) in [5, 5.41) is 3.92. The van der Waals surface area contributed by atoms with E-state index in [1.54, 1.807) is 0 Å². The van der Waals surface area contributed by atoms with Crippen molar-refractivity contribution in [3.05, 3.63) is 0 Å². The highest BCUT2D eigenvalue weighted by Crippen LogP contribution is 2.48. The Morgan fingerprint density at radius 2 is 1.75 bits per heavy atom. The molecule has 0 atom stereocenters. The molecule has 2 bridgehead atoms. The van der Waals surface area contributed by atoms with E-state index in [2.05, 4.69) is 5.32 Å². The molecule has 0 aromatic carbocycles. The fourth-order valence-electron chi connectivity index (χ4n) is 3.38. The predicted molar refractivity (Wildman–Crippen MR) is 50.1 cm³/mol. The molecule has 0 aromatic rings. The van der Waals surface area contributed by atoms with Gasteiger partial charge in [-0.15, -0.1) is 0 Å². The molecule has 0 heterocycles. The summed E-state index contributed by atoms with van der Waals surface area (Å²) >= 11 is 0. The van der Waals surface area contributed by atoms with Gasteiger partial charge in [0.2, 0.25) is 0 Å². The molecule has 0 unspecified atom stereocenters. The van der Waals surface area contributed by atoms with Crippen molar-refractivity contribution in [2.75, 3.05) is 0 Å². The topological polar surface area (TPSA) is 12.0 Å². The number of fused-ring (bicyclic) bond motifs is 2. The summed E-state index contributed by atoms with van der Waals surface area (Å²) in [6.07, 6.45) is 11.9. The average molecular weight is 165 g/mol. The lowest BCUT2D eigenvalue weighted by Crippen LogP contribution is -2.50. The number of rotatable bonds is 2. The molecule has 3 fully saturated rings. The van der Waals surface area contributed by atoms with Crippen molar-refractivity contribution in [3.63, 3.8) is 0 Å². The lowest BCUT2D eigenvalue weighted by Gasteiger charge is -2.37. The first kappa shape index (κ1) is 7.37. The maximum Gasteiger partial charge on any atom is 0.0187 e. The molecule has 3 aliphatic carbocycles. The lowest BCUT2D eigenvalue weighted by molar-refractivity contribution is 0.226. The summed E-state index contributed by atoms with van der Waals surface area (Å²) in [5.41, 5.74) is 0.635. The zero-order valence-corrected chi connectivity index (χ0v) is 7.81. The van der Waals surface area contributed by atoms with Gasteiger partial charge in [0.15, 0.2) is 0 Å². The Morgan fingerprint density at radius 1 is 1.00 bits per heavy atom. The first-order valence-corrected chi connectivity index (χ1v) is 5.64. The van der Waals surface area contributed by atoms with Crippen LogP contribution >= 0.6 is 0 Å². The second-order valence-electron chi connectivity index (χ2n) is 5.20. The summed E-state index contributed by atoms with van der Waals surface area (Å²) in [6.45, 7) is 0. The van der Waals surface area contributed by atoms with Crippen LogP contribution in [0.1, 0.15) is 51.4 Å². The Kier molecular flexibility index (Phi) is 1.52. The van der Waals surface area contributed by atoms with Gasteiger partial charge in [-0.1, -0.05) is 6.42 Å². The highest BCUT2D eigenvalue weighted by molar-refractivity contribution is 5.04. The van der Waals surface area contributed by atoms with Crippen LogP contribution in [-0.4, -0.2) is 11.6 Å². The third-order valence-electron chi connectivity index (χ3n) is 4.36. The van der Waals surface area contributed by atoms with Crippen LogP contribution in [0.5, 0.6) is 0 Å². The van der Waals surface area contributed by atoms with E-state index in [0.717, 1.165) is 12.0 Å². The van der Waals surface area contributed by atoms with Gasteiger partial charge < -0.3 is 5.32 Å².